The van der Waals surface area contributed by atoms with Gasteiger partial charge in [-0.3, -0.25) is 9.59 Å². The number of rotatable bonds is 3. The molecule has 0 aliphatic carbocycles. The molecule has 1 unspecified atom stereocenters. The quantitative estimate of drug-likeness (QED) is 0.799. The molecule has 0 aromatic heterocycles. The van der Waals surface area contributed by atoms with Crippen molar-refractivity contribution in [3.63, 3.8) is 0 Å². The van der Waals surface area contributed by atoms with Crippen molar-refractivity contribution in [3.8, 4) is 0 Å². The van der Waals surface area contributed by atoms with Gasteiger partial charge in [0.1, 0.15) is 6.04 Å². The molecule has 5 nitrogen and oxygen atoms in total. The minimum Gasteiger partial charge on any atom is -0.374 e. The normalized spacial score (nSPS) is 15.7. The van der Waals surface area contributed by atoms with Crippen LogP contribution in [0.1, 0.15) is 39.7 Å². The maximum atomic E-state index is 12.1. The molecule has 1 aromatic rings. The first-order chi connectivity index (χ1) is 9.74. The van der Waals surface area contributed by atoms with Crippen LogP contribution in [0.15, 0.2) is 18.2 Å². The van der Waals surface area contributed by atoms with E-state index >= 15 is 0 Å². The summed E-state index contributed by atoms with van der Waals surface area (Å²) < 4.78 is 0. The summed E-state index contributed by atoms with van der Waals surface area (Å²) in [7, 11) is 0. The SMILES string of the molecule is CC(Nc1ccc2c(c1)CCC(=O)N2)C(=O)NC(C)(C)C. The van der Waals surface area contributed by atoms with Crippen LogP contribution in [-0.2, 0) is 16.0 Å². The number of benzene rings is 1. The summed E-state index contributed by atoms with van der Waals surface area (Å²) in [4.78, 5) is 23.4. The Bertz CT molecular complexity index is 561. The third-order valence-electron chi connectivity index (χ3n) is 3.28. The molecule has 1 atom stereocenters. The van der Waals surface area contributed by atoms with Crippen molar-refractivity contribution < 1.29 is 9.59 Å². The number of hydrogen-bond donors (Lipinski definition) is 3. The molecule has 2 rings (SSSR count). The van der Waals surface area contributed by atoms with Crippen molar-refractivity contribution in [1.29, 1.82) is 0 Å². The first-order valence-electron chi connectivity index (χ1n) is 7.26. The molecule has 1 aliphatic rings. The van der Waals surface area contributed by atoms with Gasteiger partial charge >= 0.3 is 0 Å². The third-order valence-corrected chi connectivity index (χ3v) is 3.28. The summed E-state index contributed by atoms with van der Waals surface area (Å²) in [6, 6.07) is 5.43. The van der Waals surface area contributed by atoms with Crippen LogP contribution in [0.3, 0.4) is 0 Å². The molecule has 0 bridgehead atoms. The molecule has 0 fully saturated rings. The molecule has 1 aromatic carbocycles. The Morgan fingerprint density at radius 2 is 2.00 bits per heavy atom. The molecule has 21 heavy (non-hydrogen) atoms. The van der Waals surface area contributed by atoms with E-state index in [1.54, 1.807) is 0 Å². The maximum Gasteiger partial charge on any atom is 0.242 e. The largest absolute Gasteiger partial charge is 0.374 e. The lowest BCUT2D eigenvalue weighted by Gasteiger charge is -2.24. The number of carbonyl (C=O) groups excluding carboxylic acids is 2. The van der Waals surface area contributed by atoms with Gasteiger partial charge in [0.2, 0.25) is 11.8 Å². The number of hydrogen-bond acceptors (Lipinski definition) is 3. The van der Waals surface area contributed by atoms with Crippen LogP contribution in [0.5, 0.6) is 0 Å². The number of amides is 2. The molecule has 0 radical (unpaired) electrons. The molecular weight excluding hydrogens is 266 g/mol. The van der Waals surface area contributed by atoms with E-state index in [1.165, 1.54) is 0 Å². The first-order valence-corrected chi connectivity index (χ1v) is 7.26. The summed E-state index contributed by atoms with van der Waals surface area (Å²) in [6.07, 6.45) is 1.25. The van der Waals surface area contributed by atoms with E-state index < -0.39 is 0 Å². The van der Waals surface area contributed by atoms with Gasteiger partial charge in [-0.1, -0.05) is 0 Å². The molecule has 0 spiro atoms. The molecular formula is C16H23N3O2. The van der Waals surface area contributed by atoms with Crippen LogP contribution in [0.25, 0.3) is 0 Å². The van der Waals surface area contributed by atoms with Gasteiger partial charge in [-0.05, 0) is 57.9 Å². The monoisotopic (exact) mass is 289 g/mol. The lowest BCUT2D eigenvalue weighted by Crippen LogP contribution is -2.47. The Labute approximate surface area is 125 Å². The van der Waals surface area contributed by atoms with E-state index in [0.717, 1.165) is 23.4 Å². The standard InChI is InChI=1S/C16H23N3O2/c1-10(15(21)19-16(2,3)4)17-12-6-7-13-11(9-12)5-8-14(20)18-13/h6-7,9-10,17H,5,8H2,1-4H3,(H,18,20)(H,19,21). The molecule has 0 saturated carbocycles. The number of carbonyl (C=O) groups is 2. The minimum absolute atomic E-state index is 0.0338. The molecule has 0 saturated heterocycles. The predicted octanol–water partition coefficient (Wildman–Crippen LogP) is 2.29. The van der Waals surface area contributed by atoms with E-state index in [9.17, 15) is 9.59 Å². The van der Waals surface area contributed by atoms with Crippen LogP contribution in [0, 0.1) is 0 Å². The van der Waals surface area contributed by atoms with Gasteiger partial charge in [-0.15, -0.1) is 0 Å². The highest BCUT2D eigenvalue weighted by Gasteiger charge is 2.20. The summed E-state index contributed by atoms with van der Waals surface area (Å²) in [5.74, 6) is 0.0228. The van der Waals surface area contributed by atoms with Gasteiger partial charge in [0.05, 0.1) is 0 Å². The second-order valence-electron chi connectivity index (χ2n) is 6.53. The van der Waals surface area contributed by atoms with Crippen LogP contribution >= 0.6 is 0 Å². The van der Waals surface area contributed by atoms with Gasteiger partial charge in [-0.25, -0.2) is 0 Å². The molecule has 2 amide bonds. The third kappa shape index (κ3) is 4.21. The molecule has 1 aliphatic heterocycles. The fraction of sp³-hybridized carbons (Fsp3) is 0.500. The maximum absolute atomic E-state index is 12.1. The highest BCUT2D eigenvalue weighted by Crippen LogP contribution is 2.25. The van der Waals surface area contributed by atoms with Crippen molar-refractivity contribution in [2.24, 2.45) is 0 Å². The van der Waals surface area contributed by atoms with Gasteiger partial charge in [0.15, 0.2) is 0 Å². The van der Waals surface area contributed by atoms with Crippen molar-refractivity contribution in [2.75, 3.05) is 10.6 Å². The average Bonchev–Trinajstić information content (AvgIpc) is 2.37. The van der Waals surface area contributed by atoms with Crippen molar-refractivity contribution >= 4 is 23.2 Å². The number of aryl methyl sites for hydroxylation is 1. The van der Waals surface area contributed by atoms with Gasteiger partial charge in [0, 0.05) is 23.3 Å². The lowest BCUT2D eigenvalue weighted by atomic mass is 10.0. The van der Waals surface area contributed by atoms with Crippen LogP contribution in [0.2, 0.25) is 0 Å². The zero-order valence-corrected chi connectivity index (χ0v) is 13.0. The number of nitrogens with one attached hydrogen (secondary N) is 3. The Morgan fingerprint density at radius 3 is 2.67 bits per heavy atom. The fourth-order valence-electron chi connectivity index (χ4n) is 2.27. The van der Waals surface area contributed by atoms with E-state index in [-0.39, 0.29) is 23.4 Å². The summed E-state index contributed by atoms with van der Waals surface area (Å²) in [6.45, 7) is 7.71. The topological polar surface area (TPSA) is 70.2 Å². The minimum atomic E-state index is -0.319. The highest BCUT2D eigenvalue weighted by atomic mass is 16.2. The highest BCUT2D eigenvalue weighted by molar-refractivity contribution is 5.94. The first kappa shape index (κ1) is 15.4. The van der Waals surface area contributed by atoms with Crippen molar-refractivity contribution in [2.45, 2.75) is 52.1 Å². The second-order valence-corrected chi connectivity index (χ2v) is 6.53. The van der Waals surface area contributed by atoms with Gasteiger partial charge < -0.3 is 16.0 Å². The van der Waals surface area contributed by atoms with Gasteiger partial charge in [-0.2, -0.15) is 0 Å². The van der Waals surface area contributed by atoms with Crippen LogP contribution in [-0.4, -0.2) is 23.4 Å². The Morgan fingerprint density at radius 1 is 1.29 bits per heavy atom. The Kier molecular flexibility index (Phi) is 4.21. The van der Waals surface area contributed by atoms with Crippen molar-refractivity contribution in [3.05, 3.63) is 23.8 Å². The smallest absolute Gasteiger partial charge is 0.242 e. The molecule has 3 N–H and O–H groups in total. The van der Waals surface area contributed by atoms with E-state index in [4.69, 9.17) is 0 Å². The van der Waals surface area contributed by atoms with Gasteiger partial charge in [0.25, 0.3) is 0 Å². The van der Waals surface area contributed by atoms with Crippen LogP contribution < -0.4 is 16.0 Å². The summed E-state index contributed by atoms with van der Waals surface area (Å²) in [5, 5.41) is 9.00. The molecule has 5 heteroatoms. The number of anilines is 2. The van der Waals surface area contributed by atoms with E-state index in [2.05, 4.69) is 16.0 Å². The Hall–Kier alpha value is -2.04. The fourth-order valence-corrected chi connectivity index (χ4v) is 2.27. The number of fused-ring (bicyclic) bond motifs is 1. The second kappa shape index (κ2) is 5.76. The molecule has 1 heterocycles. The van der Waals surface area contributed by atoms with E-state index in [0.29, 0.717) is 6.42 Å². The lowest BCUT2D eigenvalue weighted by molar-refractivity contribution is -0.123. The summed E-state index contributed by atoms with van der Waals surface area (Å²) in [5.41, 5.74) is 2.61. The average molecular weight is 289 g/mol. The molecule has 114 valence electrons. The van der Waals surface area contributed by atoms with Crippen molar-refractivity contribution in [1.82, 2.24) is 5.32 Å². The zero-order chi connectivity index (χ0) is 15.6. The predicted molar refractivity (Wildman–Crippen MR) is 84.4 cm³/mol. The van der Waals surface area contributed by atoms with Crippen LogP contribution in [0.4, 0.5) is 11.4 Å². The Balaban J connectivity index is 2.03. The van der Waals surface area contributed by atoms with E-state index in [1.807, 2.05) is 45.9 Å². The summed E-state index contributed by atoms with van der Waals surface area (Å²) >= 11 is 0. The zero-order valence-electron chi connectivity index (χ0n) is 13.0.